The van der Waals surface area contributed by atoms with Crippen LogP contribution in [-0.2, 0) is 6.54 Å². The monoisotopic (exact) mass is 354 g/mol. The first kappa shape index (κ1) is 16.7. The van der Waals surface area contributed by atoms with Crippen LogP contribution in [0.2, 0.25) is 0 Å². The third kappa shape index (κ3) is 4.94. The second-order valence-electron chi connectivity index (χ2n) is 6.47. The van der Waals surface area contributed by atoms with Gasteiger partial charge in [0.25, 0.3) is 0 Å². The molecule has 1 N–H and O–H groups in total. The number of aromatic nitrogens is 1. The molecule has 2 heterocycles. The molecule has 0 saturated carbocycles. The van der Waals surface area contributed by atoms with Gasteiger partial charge in [-0.2, -0.15) is 0 Å². The van der Waals surface area contributed by atoms with Gasteiger partial charge in [0.1, 0.15) is 5.82 Å². The summed E-state index contributed by atoms with van der Waals surface area (Å²) >= 11 is 3.53. The lowest BCUT2D eigenvalue weighted by molar-refractivity contribution is 0.395. The number of pyridine rings is 1. The van der Waals surface area contributed by atoms with Crippen molar-refractivity contribution < 1.29 is 0 Å². The maximum Gasteiger partial charge on any atom is 0.132 e. The van der Waals surface area contributed by atoms with Crippen LogP contribution in [0.1, 0.15) is 25.8 Å². The van der Waals surface area contributed by atoms with Gasteiger partial charge in [0, 0.05) is 49.0 Å². The Morgan fingerprint density at radius 3 is 2.90 bits per heavy atom. The molecule has 118 valence electrons. The van der Waals surface area contributed by atoms with Gasteiger partial charge in [-0.3, -0.25) is 0 Å². The second kappa shape index (κ2) is 7.56. The molecule has 1 saturated heterocycles. The van der Waals surface area contributed by atoms with E-state index in [1.165, 1.54) is 25.1 Å². The molecule has 1 aromatic heterocycles. The number of halogens is 1. The highest BCUT2D eigenvalue weighted by Gasteiger charge is 2.22. The van der Waals surface area contributed by atoms with Gasteiger partial charge in [0.15, 0.2) is 0 Å². The molecule has 0 aliphatic carbocycles. The van der Waals surface area contributed by atoms with E-state index in [0.717, 1.165) is 29.3 Å². The van der Waals surface area contributed by atoms with Crippen molar-refractivity contribution >= 4 is 21.7 Å². The first-order chi connectivity index (χ1) is 9.95. The van der Waals surface area contributed by atoms with E-state index in [1.807, 2.05) is 6.20 Å². The highest BCUT2D eigenvalue weighted by atomic mass is 79.9. The minimum atomic E-state index is 0.477. The van der Waals surface area contributed by atoms with Crippen molar-refractivity contribution in [1.29, 1.82) is 0 Å². The van der Waals surface area contributed by atoms with E-state index in [9.17, 15) is 0 Å². The normalized spacial score (nSPS) is 19.4. The van der Waals surface area contributed by atoms with Gasteiger partial charge in [-0.15, -0.1) is 0 Å². The third-order valence-corrected chi connectivity index (χ3v) is 4.43. The van der Waals surface area contributed by atoms with E-state index >= 15 is 0 Å². The van der Waals surface area contributed by atoms with Gasteiger partial charge in [-0.25, -0.2) is 4.98 Å². The molecule has 1 atom stereocenters. The number of nitrogens with one attached hydrogen (secondary N) is 1. The molecule has 1 fully saturated rings. The van der Waals surface area contributed by atoms with Crippen molar-refractivity contribution in [3.05, 3.63) is 22.3 Å². The Balaban J connectivity index is 2.06. The summed E-state index contributed by atoms with van der Waals surface area (Å²) in [5.41, 5.74) is 1.26. The lowest BCUT2D eigenvalue weighted by Crippen LogP contribution is -2.30. The van der Waals surface area contributed by atoms with Crippen LogP contribution in [0.15, 0.2) is 16.7 Å². The Morgan fingerprint density at radius 2 is 2.29 bits per heavy atom. The topological polar surface area (TPSA) is 31.4 Å². The molecular formula is C16H27BrN4. The molecule has 0 aromatic carbocycles. The summed E-state index contributed by atoms with van der Waals surface area (Å²) in [6, 6.07) is 2.65. The predicted octanol–water partition coefficient (Wildman–Crippen LogP) is 2.73. The minimum absolute atomic E-state index is 0.477. The maximum absolute atomic E-state index is 4.64. The van der Waals surface area contributed by atoms with Gasteiger partial charge in [-0.05, 0) is 47.9 Å². The Labute approximate surface area is 137 Å². The molecule has 0 radical (unpaired) electrons. The smallest absolute Gasteiger partial charge is 0.132 e. The lowest BCUT2D eigenvalue weighted by Gasteiger charge is -2.25. The largest absolute Gasteiger partial charge is 0.359 e. The summed E-state index contributed by atoms with van der Waals surface area (Å²) in [6.45, 7) is 8.68. The standard InChI is InChI=1S/C16H27BrN4/c1-12(2)18-8-14-7-15(17)9-19-16(14)21(4)11-13-5-6-20(3)10-13/h7,9,12-13,18H,5-6,8,10-11H2,1-4H3. The van der Waals surface area contributed by atoms with Crippen molar-refractivity contribution in [2.75, 3.05) is 38.6 Å². The second-order valence-corrected chi connectivity index (χ2v) is 7.39. The number of hydrogen-bond acceptors (Lipinski definition) is 4. The first-order valence-corrected chi connectivity index (χ1v) is 8.52. The van der Waals surface area contributed by atoms with Crippen LogP contribution in [0.4, 0.5) is 5.82 Å². The minimum Gasteiger partial charge on any atom is -0.359 e. The van der Waals surface area contributed by atoms with E-state index in [2.05, 4.69) is 70.0 Å². The third-order valence-electron chi connectivity index (χ3n) is 3.99. The van der Waals surface area contributed by atoms with Crippen LogP contribution in [0, 0.1) is 5.92 Å². The molecule has 0 amide bonds. The van der Waals surface area contributed by atoms with Gasteiger partial charge in [0.05, 0.1) is 0 Å². The first-order valence-electron chi connectivity index (χ1n) is 7.73. The van der Waals surface area contributed by atoms with Crippen LogP contribution < -0.4 is 10.2 Å². The van der Waals surface area contributed by atoms with Gasteiger partial charge >= 0.3 is 0 Å². The van der Waals surface area contributed by atoms with Crippen LogP contribution in [0.3, 0.4) is 0 Å². The highest BCUT2D eigenvalue weighted by molar-refractivity contribution is 9.10. The molecular weight excluding hydrogens is 328 g/mol. The molecule has 21 heavy (non-hydrogen) atoms. The summed E-state index contributed by atoms with van der Waals surface area (Å²) in [5.74, 6) is 1.84. The van der Waals surface area contributed by atoms with Crippen molar-refractivity contribution in [3.8, 4) is 0 Å². The maximum atomic E-state index is 4.64. The van der Waals surface area contributed by atoms with E-state index in [-0.39, 0.29) is 0 Å². The fourth-order valence-corrected chi connectivity index (χ4v) is 3.29. The van der Waals surface area contributed by atoms with Crippen molar-refractivity contribution in [1.82, 2.24) is 15.2 Å². The number of hydrogen-bond donors (Lipinski definition) is 1. The molecule has 1 unspecified atom stereocenters. The molecule has 4 nitrogen and oxygen atoms in total. The summed E-state index contributed by atoms with van der Waals surface area (Å²) in [6.07, 6.45) is 3.18. The van der Waals surface area contributed by atoms with E-state index in [1.54, 1.807) is 0 Å². The van der Waals surface area contributed by atoms with Gasteiger partial charge < -0.3 is 15.1 Å². The summed E-state index contributed by atoms with van der Waals surface area (Å²) in [5, 5.41) is 3.49. The van der Waals surface area contributed by atoms with Crippen LogP contribution in [0.5, 0.6) is 0 Å². The molecule has 0 spiro atoms. The lowest BCUT2D eigenvalue weighted by atomic mass is 10.1. The summed E-state index contributed by atoms with van der Waals surface area (Å²) in [7, 11) is 4.36. The Hall–Kier alpha value is -0.650. The fraction of sp³-hybridized carbons (Fsp3) is 0.688. The number of rotatable bonds is 6. The Kier molecular flexibility index (Phi) is 6.02. The molecule has 1 aliphatic rings. The predicted molar refractivity (Wildman–Crippen MR) is 92.8 cm³/mol. The zero-order valence-electron chi connectivity index (χ0n) is 13.6. The van der Waals surface area contributed by atoms with Crippen molar-refractivity contribution in [2.45, 2.75) is 32.9 Å². The van der Waals surface area contributed by atoms with E-state index in [0.29, 0.717) is 6.04 Å². The SMILES string of the molecule is CC(C)NCc1cc(Br)cnc1N(C)CC1CCN(C)C1. The molecule has 5 heteroatoms. The summed E-state index contributed by atoms with van der Waals surface area (Å²) < 4.78 is 1.04. The van der Waals surface area contributed by atoms with Crippen LogP contribution in [-0.4, -0.2) is 49.7 Å². The van der Waals surface area contributed by atoms with Crippen molar-refractivity contribution in [3.63, 3.8) is 0 Å². The zero-order chi connectivity index (χ0) is 15.4. The average molecular weight is 355 g/mol. The average Bonchev–Trinajstić information content (AvgIpc) is 2.81. The number of anilines is 1. The Morgan fingerprint density at radius 1 is 1.52 bits per heavy atom. The van der Waals surface area contributed by atoms with Gasteiger partial charge in [-0.1, -0.05) is 13.8 Å². The molecule has 0 bridgehead atoms. The zero-order valence-corrected chi connectivity index (χ0v) is 15.2. The van der Waals surface area contributed by atoms with Crippen molar-refractivity contribution in [2.24, 2.45) is 5.92 Å². The number of nitrogens with zero attached hydrogens (tertiary/aromatic N) is 3. The van der Waals surface area contributed by atoms with Gasteiger partial charge in [0.2, 0.25) is 0 Å². The fourth-order valence-electron chi connectivity index (χ4n) is 2.91. The summed E-state index contributed by atoms with van der Waals surface area (Å²) in [4.78, 5) is 9.37. The Bertz CT molecular complexity index is 464. The van der Waals surface area contributed by atoms with E-state index < -0.39 is 0 Å². The highest BCUT2D eigenvalue weighted by Crippen LogP contribution is 2.23. The molecule has 1 aliphatic heterocycles. The quantitative estimate of drug-likeness (QED) is 0.850. The molecule has 1 aromatic rings. The van der Waals surface area contributed by atoms with Crippen LogP contribution >= 0.6 is 15.9 Å². The molecule has 2 rings (SSSR count). The number of likely N-dealkylation sites (tertiary alicyclic amines) is 1. The van der Waals surface area contributed by atoms with E-state index in [4.69, 9.17) is 0 Å². The van der Waals surface area contributed by atoms with Crippen LogP contribution in [0.25, 0.3) is 0 Å².